The standard InChI is InChI=1S/C14H12ClF2N/c1-18-14(9-2-4-10(16)5-3-9)12-8-11(17)6-7-13(12)15/h2-8,14,18H,1H3. The molecule has 0 heterocycles. The molecule has 2 aromatic carbocycles. The Balaban J connectivity index is 2.44. The minimum absolute atomic E-state index is 0.270. The molecule has 4 heteroatoms. The van der Waals surface area contributed by atoms with Crippen LogP contribution in [0.4, 0.5) is 8.78 Å². The fourth-order valence-corrected chi connectivity index (χ4v) is 2.12. The molecule has 0 radical (unpaired) electrons. The van der Waals surface area contributed by atoms with Crippen LogP contribution in [0.3, 0.4) is 0 Å². The summed E-state index contributed by atoms with van der Waals surface area (Å²) in [5, 5.41) is 3.52. The number of hydrogen-bond acceptors (Lipinski definition) is 1. The van der Waals surface area contributed by atoms with E-state index in [1.165, 1.54) is 30.3 Å². The molecule has 0 amide bonds. The molecule has 1 atom stereocenters. The average Bonchev–Trinajstić information content (AvgIpc) is 2.37. The zero-order valence-corrected chi connectivity index (χ0v) is 10.5. The second-order valence-electron chi connectivity index (χ2n) is 3.94. The van der Waals surface area contributed by atoms with Crippen molar-refractivity contribution in [2.24, 2.45) is 0 Å². The molecule has 0 aliphatic carbocycles. The van der Waals surface area contributed by atoms with Crippen LogP contribution >= 0.6 is 11.6 Å². The molecule has 0 bridgehead atoms. The van der Waals surface area contributed by atoms with Crippen molar-refractivity contribution in [3.8, 4) is 0 Å². The van der Waals surface area contributed by atoms with Crippen LogP contribution in [0.15, 0.2) is 42.5 Å². The van der Waals surface area contributed by atoms with Crippen molar-refractivity contribution in [1.82, 2.24) is 5.32 Å². The molecule has 0 aromatic heterocycles. The van der Waals surface area contributed by atoms with Crippen molar-refractivity contribution >= 4 is 11.6 Å². The highest BCUT2D eigenvalue weighted by Crippen LogP contribution is 2.28. The Labute approximate surface area is 109 Å². The van der Waals surface area contributed by atoms with E-state index in [0.717, 1.165) is 5.56 Å². The monoisotopic (exact) mass is 267 g/mol. The SMILES string of the molecule is CNC(c1ccc(F)cc1)c1cc(F)ccc1Cl. The Bertz CT molecular complexity index is 540. The Kier molecular flexibility index (Phi) is 3.94. The zero-order chi connectivity index (χ0) is 13.1. The summed E-state index contributed by atoms with van der Waals surface area (Å²) in [6.07, 6.45) is 0. The third kappa shape index (κ3) is 2.68. The summed E-state index contributed by atoms with van der Waals surface area (Å²) in [4.78, 5) is 0. The van der Waals surface area contributed by atoms with Crippen molar-refractivity contribution in [1.29, 1.82) is 0 Å². The van der Waals surface area contributed by atoms with E-state index in [-0.39, 0.29) is 17.7 Å². The molecule has 2 rings (SSSR count). The van der Waals surface area contributed by atoms with Crippen molar-refractivity contribution in [3.05, 3.63) is 70.2 Å². The van der Waals surface area contributed by atoms with Gasteiger partial charge in [-0.3, -0.25) is 0 Å². The van der Waals surface area contributed by atoms with Crippen LogP contribution in [0.2, 0.25) is 5.02 Å². The van der Waals surface area contributed by atoms with Crippen LogP contribution < -0.4 is 5.32 Å². The number of benzene rings is 2. The molecule has 1 nitrogen and oxygen atoms in total. The first-order valence-corrected chi connectivity index (χ1v) is 5.87. The summed E-state index contributed by atoms with van der Waals surface area (Å²) in [6.45, 7) is 0. The van der Waals surface area contributed by atoms with E-state index in [4.69, 9.17) is 11.6 Å². The third-order valence-electron chi connectivity index (χ3n) is 2.76. The Hall–Kier alpha value is -1.45. The van der Waals surface area contributed by atoms with Crippen molar-refractivity contribution in [2.45, 2.75) is 6.04 Å². The van der Waals surface area contributed by atoms with Gasteiger partial charge in [-0.25, -0.2) is 8.78 Å². The third-order valence-corrected chi connectivity index (χ3v) is 3.11. The van der Waals surface area contributed by atoms with Gasteiger partial charge in [0.15, 0.2) is 0 Å². The average molecular weight is 268 g/mol. The first kappa shape index (κ1) is 13.0. The highest BCUT2D eigenvalue weighted by atomic mass is 35.5. The fraction of sp³-hybridized carbons (Fsp3) is 0.143. The van der Waals surface area contributed by atoms with E-state index in [2.05, 4.69) is 5.32 Å². The summed E-state index contributed by atoms with van der Waals surface area (Å²) >= 11 is 6.07. The molecule has 18 heavy (non-hydrogen) atoms. The van der Waals surface area contributed by atoms with Gasteiger partial charge in [0.2, 0.25) is 0 Å². The molecule has 2 aromatic rings. The van der Waals surface area contributed by atoms with Crippen LogP contribution in [0, 0.1) is 11.6 Å². The Morgan fingerprint density at radius 2 is 1.61 bits per heavy atom. The van der Waals surface area contributed by atoms with E-state index in [9.17, 15) is 8.78 Å². The molecule has 0 fully saturated rings. The molecule has 0 aliphatic rings. The molecule has 94 valence electrons. The highest BCUT2D eigenvalue weighted by Gasteiger charge is 2.15. The zero-order valence-electron chi connectivity index (χ0n) is 9.75. The first-order valence-electron chi connectivity index (χ1n) is 5.49. The number of rotatable bonds is 3. The van der Waals surface area contributed by atoms with E-state index >= 15 is 0 Å². The van der Waals surface area contributed by atoms with E-state index in [1.54, 1.807) is 19.2 Å². The lowest BCUT2D eigenvalue weighted by Gasteiger charge is -2.18. The van der Waals surface area contributed by atoms with Crippen LogP contribution in [-0.2, 0) is 0 Å². The smallest absolute Gasteiger partial charge is 0.123 e. The van der Waals surface area contributed by atoms with E-state index in [1.807, 2.05) is 0 Å². The first-order chi connectivity index (χ1) is 8.61. The van der Waals surface area contributed by atoms with Crippen molar-refractivity contribution < 1.29 is 8.78 Å². The van der Waals surface area contributed by atoms with Crippen molar-refractivity contribution in [2.75, 3.05) is 7.05 Å². The topological polar surface area (TPSA) is 12.0 Å². The summed E-state index contributed by atoms with van der Waals surface area (Å²) in [7, 11) is 1.75. The lowest BCUT2D eigenvalue weighted by atomic mass is 9.98. The maximum absolute atomic E-state index is 13.3. The number of halogens is 3. The Morgan fingerprint density at radius 3 is 2.22 bits per heavy atom. The van der Waals surface area contributed by atoms with E-state index in [0.29, 0.717) is 10.6 Å². The van der Waals surface area contributed by atoms with Crippen LogP contribution in [0.1, 0.15) is 17.2 Å². The predicted octanol–water partition coefficient (Wildman–Crippen LogP) is 3.93. The van der Waals surface area contributed by atoms with Crippen LogP contribution in [-0.4, -0.2) is 7.05 Å². The van der Waals surface area contributed by atoms with Crippen molar-refractivity contribution in [3.63, 3.8) is 0 Å². The second kappa shape index (κ2) is 5.46. The maximum atomic E-state index is 13.3. The largest absolute Gasteiger partial charge is 0.309 e. The van der Waals surface area contributed by atoms with Gasteiger partial charge in [-0.15, -0.1) is 0 Å². The molecular formula is C14H12ClF2N. The Morgan fingerprint density at radius 1 is 1.00 bits per heavy atom. The van der Waals surface area contributed by atoms with E-state index < -0.39 is 0 Å². The van der Waals surface area contributed by atoms with Gasteiger partial charge in [-0.05, 0) is 48.5 Å². The van der Waals surface area contributed by atoms with Crippen LogP contribution in [0.25, 0.3) is 0 Å². The van der Waals surface area contributed by atoms with Gasteiger partial charge in [0.05, 0.1) is 6.04 Å². The van der Waals surface area contributed by atoms with Gasteiger partial charge >= 0.3 is 0 Å². The molecule has 0 saturated heterocycles. The molecular weight excluding hydrogens is 256 g/mol. The highest BCUT2D eigenvalue weighted by molar-refractivity contribution is 6.31. The quantitative estimate of drug-likeness (QED) is 0.889. The van der Waals surface area contributed by atoms with Gasteiger partial charge in [-0.1, -0.05) is 23.7 Å². The number of nitrogens with one attached hydrogen (secondary N) is 1. The minimum atomic E-state index is -0.350. The molecule has 0 spiro atoms. The molecule has 0 saturated carbocycles. The lowest BCUT2D eigenvalue weighted by Crippen LogP contribution is -2.18. The van der Waals surface area contributed by atoms with Gasteiger partial charge in [0, 0.05) is 5.02 Å². The molecule has 1 unspecified atom stereocenters. The minimum Gasteiger partial charge on any atom is -0.309 e. The van der Waals surface area contributed by atoms with Crippen LogP contribution in [0.5, 0.6) is 0 Å². The van der Waals surface area contributed by atoms with Gasteiger partial charge in [-0.2, -0.15) is 0 Å². The fourth-order valence-electron chi connectivity index (χ4n) is 1.89. The summed E-state index contributed by atoms with van der Waals surface area (Å²) < 4.78 is 26.2. The van der Waals surface area contributed by atoms with Gasteiger partial charge < -0.3 is 5.32 Å². The molecule has 1 N–H and O–H groups in total. The predicted molar refractivity (Wildman–Crippen MR) is 68.7 cm³/mol. The molecule has 0 aliphatic heterocycles. The summed E-state index contributed by atoms with van der Waals surface area (Å²) in [5.74, 6) is -0.657. The van der Waals surface area contributed by atoms with Gasteiger partial charge in [0.1, 0.15) is 11.6 Å². The second-order valence-corrected chi connectivity index (χ2v) is 4.35. The number of hydrogen-bond donors (Lipinski definition) is 1. The lowest BCUT2D eigenvalue weighted by molar-refractivity contribution is 0.613. The summed E-state index contributed by atoms with van der Waals surface area (Å²) in [6, 6.07) is 9.97. The summed E-state index contributed by atoms with van der Waals surface area (Å²) in [5.41, 5.74) is 1.46. The van der Waals surface area contributed by atoms with Gasteiger partial charge in [0.25, 0.3) is 0 Å². The normalized spacial score (nSPS) is 12.4. The maximum Gasteiger partial charge on any atom is 0.123 e.